The van der Waals surface area contributed by atoms with Gasteiger partial charge in [-0.2, -0.15) is 5.10 Å². The monoisotopic (exact) mass is 487 g/mol. The summed E-state index contributed by atoms with van der Waals surface area (Å²) in [6.45, 7) is 4.36. The minimum atomic E-state index is -0.329. The van der Waals surface area contributed by atoms with Crippen molar-refractivity contribution in [2.24, 2.45) is 0 Å². The lowest BCUT2D eigenvalue weighted by Crippen LogP contribution is -2.32. The van der Waals surface area contributed by atoms with Gasteiger partial charge in [-0.15, -0.1) is 0 Å². The van der Waals surface area contributed by atoms with Crippen LogP contribution in [0.1, 0.15) is 40.3 Å². The average molecular weight is 488 g/mol. The molecule has 1 aliphatic heterocycles. The van der Waals surface area contributed by atoms with Crippen molar-refractivity contribution in [3.8, 4) is 17.0 Å². The van der Waals surface area contributed by atoms with Crippen molar-refractivity contribution >= 4 is 5.91 Å². The fourth-order valence-electron chi connectivity index (χ4n) is 4.76. The van der Waals surface area contributed by atoms with Crippen LogP contribution < -0.4 is 15.6 Å². The topological polar surface area (TPSA) is 105 Å². The molecular weight excluding hydrogens is 458 g/mol. The van der Waals surface area contributed by atoms with Gasteiger partial charge >= 0.3 is 0 Å². The molecule has 9 heteroatoms. The quantitative estimate of drug-likeness (QED) is 0.414. The number of nitrogens with one attached hydrogen (secondary N) is 2. The molecule has 1 atom stereocenters. The number of hydrogen-bond donors (Lipinski definition) is 2. The second-order valence-corrected chi connectivity index (χ2v) is 8.90. The first-order valence-corrected chi connectivity index (χ1v) is 12.0. The number of rotatable bonds is 7. The summed E-state index contributed by atoms with van der Waals surface area (Å²) in [5, 5.41) is 10.4. The number of aromatic nitrogens is 3. The van der Waals surface area contributed by atoms with Crippen molar-refractivity contribution < 1.29 is 13.9 Å². The molecule has 3 aromatic heterocycles. The van der Waals surface area contributed by atoms with E-state index in [0.29, 0.717) is 49.6 Å². The molecule has 4 aromatic rings. The minimum Gasteiger partial charge on any atom is -0.496 e. The van der Waals surface area contributed by atoms with E-state index in [-0.39, 0.29) is 23.3 Å². The largest absolute Gasteiger partial charge is 0.496 e. The van der Waals surface area contributed by atoms with Gasteiger partial charge in [0.2, 0.25) is 0 Å². The molecule has 1 amide bonds. The van der Waals surface area contributed by atoms with Crippen LogP contribution in [0.15, 0.2) is 70.2 Å². The number of pyridine rings is 1. The summed E-state index contributed by atoms with van der Waals surface area (Å²) in [5.41, 5.74) is 4.05. The maximum Gasteiger partial charge on any atom is 0.257 e. The smallest absolute Gasteiger partial charge is 0.257 e. The minimum absolute atomic E-state index is 0.174. The van der Waals surface area contributed by atoms with Gasteiger partial charge in [0, 0.05) is 49.9 Å². The van der Waals surface area contributed by atoms with E-state index in [1.807, 2.05) is 37.4 Å². The van der Waals surface area contributed by atoms with E-state index in [1.165, 1.54) is 13.2 Å². The second-order valence-electron chi connectivity index (χ2n) is 8.90. The molecule has 9 nitrogen and oxygen atoms in total. The van der Waals surface area contributed by atoms with Crippen LogP contribution in [-0.4, -0.2) is 45.8 Å². The molecule has 0 fully saturated rings. The van der Waals surface area contributed by atoms with Crippen molar-refractivity contribution in [1.82, 2.24) is 25.0 Å². The van der Waals surface area contributed by atoms with E-state index >= 15 is 0 Å². The van der Waals surface area contributed by atoms with Gasteiger partial charge in [0.05, 0.1) is 31.3 Å². The third kappa shape index (κ3) is 4.70. The van der Waals surface area contributed by atoms with Crippen molar-refractivity contribution in [3.63, 3.8) is 0 Å². The molecular formula is C27H29N5O4. The van der Waals surface area contributed by atoms with E-state index in [2.05, 4.69) is 32.5 Å². The van der Waals surface area contributed by atoms with E-state index in [4.69, 9.17) is 9.15 Å². The van der Waals surface area contributed by atoms with Gasteiger partial charge in [-0.25, -0.2) is 0 Å². The number of fused-ring (bicyclic) bond motifs is 1. The molecule has 1 unspecified atom stereocenters. The third-order valence-corrected chi connectivity index (χ3v) is 6.62. The van der Waals surface area contributed by atoms with Crippen LogP contribution in [-0.2, 0) is 19.5 Å². The number of carbonyl (C=O) groups is 1. The van der Waals surface area contributed by atoms with Gasteiger partial charge in [0.25, 0.3) is 11.5 Å². The summed E-state index contributed by atoms with van der Waals surface area (Å²) in [5.74, 6) is 0.640. The zero-order valence-electron chi connectivity index (χ0n) is 20.4. The van der Waals surface area contributed by atoms with Crippen LogP contribution in [0, 0.1) is 0 Å². The lowest BCUT2D eigenvalue weighted by atomic mass is 10.1. The van der Waals surface area contributed by atoms with Gasteiger partial charge in [0.1, 0.15) is 17.1 Å². The Bertz CT molecular complexity index is 1390. The average Bonchev–Trinajstić information content (AvgIpc) is 3.55. The molecule has 0 aliphatic carbocycles. The summed E-state index contributed by atoms with van der Waals surface area (Å²) >= 11 is 0. The lowest BCUT2D eigenvalue weighted by molar-refractivity contribution is 0.0930. The molecule has 4 heterocycles. The SMILES string of the molecule is COc1cc(=O)n2c(c1C(=O)NC(C)c1ccco1)CCN(Cc1cn[nH]c1-c1ccccc1)CC2. The van der Waals surface area contributed by atoms with Crippen LogP contribution in [0.25, 0.3) is 11.3 Å². The summed E-state index contributed by atoms with van der Waals surface area (Å²) in [6.07, 6.45) is 3.96. The number of aromatic amines is 1. The first-order valence-electron chi connectivity index (χ1n) is 12.0. The molecule has 36 heavy (non-hydrogen) atoms. The van der Waals surface area contributed by atoms with Gasteiger partial charge in [-0.1, -0.05) is 30.3 Å². The molecule has 0 radical (unpaired) electrons. The number of benzene rings is 1. The Kier molecular flexibility index (Phi) is 6.73. The van der Waals surface area contributed by atoms with Crippen molar-refractivity contribution in [2.75, 3.05) is 20.2 Å². The van der Waals surface area contributed by atoms with E-state index < -0.39 is 0 Å². The summed E-state index contributed by atoms with van der Waals surface area (Å²) in [6, 6.07) is 14.8. The van der Waals surface area contributed by atoms with E-state index in [0.717, 1.165) is 16.8 Å². The summed E-state index contributed by atoms with van der Waals surface area (Å²) < 4.78 is 12.6. The maximum absolute atomic E-state index is 13.4. The zero-order valence-corrected chi connectivity index (χ0v) is 20.4. The molecule has 2 N–H and O–H groups in total. The van der Waals surface area contributed by atoms with Crippen LogP contribution in [0.2, 0.25) is 0 Å². The van der Waals surface area contributed by atoms with Crippen molar-refractivity contribution in [1.29, 1.82) is 0 Å². The fraction of sp³-hybridized carbons (Fsp3) is 0.296. The number of carbonyl (C=O) groups excluding carboxylic acids is 1. The molecule has 0 saturated carbocycles. The lowest BCUT2D eigenvalue weighted by Gasteiger charge is -2.19. The Labute approximate surface area is 208 Å². The third-order valence-electron chi connectivity index (χ3n) is 6.62. The normalized spacial score (nSPS) is 14.6. The first-order chi connectivity index (χ1) is 17.5. The van der Waals surface area contributed by atoms with Crippen LogP contribution in [0.4, 0.5) is 0 Å². The number of hydrogen-bond acceptors (Lipinski definition) is 6. The number of methoxy groups -OCH3 is 1. The number of ether oxygens (including phenoxy) is 1. The predicted octanol–water partition coefficient (Wildman–Crippen LogP) is 3.39. The van der Waals surface area contributed by atoms with Gasteiger partial charge in [-0.05, 0) is 24.6 Å². The van der Waals surface area contributed by atoms with Crippen LogP contribution >= 0.6 is 0 Å². The Morgan fingerprint density at radius 3 is 2.78 bits per heavy atom. The molecule has 0 bridgehead atoms. The predicted molar refractivity (Wildman–Crippen MR) is 135 cm³/mol. The van der Waals surface area contributed by atoms with Crippen molar-refractivity contribution in [3.05, 3.63) is 93.9 Å². The summed E-state index contributed by atoms with van der Waals surface area (Å²) in [7, 11) is 1.48. The van der Waals surface area contributed by atoms with Gasteiger partial charge < -0.3 is 19.0 Å². The Morgan fingerprint density at radius 1 is 1.19 bits per heavy atom. The molecule has 0 saturated heterocycles. The highest BCUT2D eigenvalue weighted by molar-refractivity contribution is 5.98. The second kappa shape index (κ2) is 10.2. The molecule has 1 aliphatic rings. The Morgan fingerprint density at radius 2 is 2.03 bits per heavy atom. The molecule has 5 rings (SSSR count). The number of amides is 1. The highest BCUT2D eigenvalue weighted by atomic mass is 16.5. The summed E-state index contributed by atoms with van der Waals surface area (Å²) in [4.78, 5) is 28.6. The maximum atomic E-state index is 13.4. The highest BCUT2D eigenvalue weighted by Crippen LogP contribution is 2.26. The van der Waals surface area contributed by atoms with Gasteiger partial charge in [0.15, 0.2) is 0 Å². The number of H-pyrrole nitrogens is 1. The van der Waals surface area contributed by atoms with Crippen LogP contribution in [0.5, 0.6) is 5.75 Å². The fourth-order valence-corrected chi connectivity index (χ4v) is 4.76. The number of furan rings is 1. The Hall–Kier alpha value is -4.11. The van der Waals surface area contributed by atoms with Crippen LogP contribution in [0.3, 0.4) is 0 Å². The molecule has 1 aromatic carbocycles. The first kappa shape index (κ1) is 23.6. The van der Waals surface area contributed by atoms with Gasteiger partial charge in [-0.3, -0.25) is 19.6 Å². The standard InChI is InChI=1S/C27H29N5O4/c1-18(22-9-6-14-36-22)29-27(34)25-21-10-11-31(12-13-32(21)24(33)15-23(25)35-2)17-20-16-28-30-26(20)19-7-4-3-5-8-19/h3-9,14-16,18H,10-13,17H2,1-2H3,(H,28,30)(H,29,34). The molecule has 186 valence electrons. The zero-order chi connectivity index (χ0) is 25.1. The number of nitrogens with zero attached hydrogens (tertiary/aromatic N) is 3. The van der Waals surface area contributed by atoms with E-state index in [9.17, 15) is 9.59 Å². The van der Waals surface area contributed by atoms with Crippen molar-refractivity contribution in [2.45, 2.75) is 32.5 Å². The molecule has 0 spiro atoms. The van der Waals surface area contributed by atoms with E-state index in [1.54, 1.807) is 16.9 Å². The Balaban J connectivity index is 1.39. The highest BCUT2D eigenvalue weighted by Gasteiger charge is 2.27.